The fourth-order valence-corrected chi connectivity index (χ4v) is 5.20. The molecule has 3 aliphatic rings. The molecular weight excluding hydrogens is 496 g/mol. The quantitative estimate of drug-likeness (QED) is 0.438. The van der Waals surface area contributed by atoms with Crippen LogP contribution < -0.4 is 10.6 Å². The lowest BCUT2D eigenvalue weighted by molar-refractivity contribution is -0.252. The molecule has 3 aromatic heterocycles. The van der Waals surface area contributed by atoms with Crippen molar-refractivity contribution >= 4 is 35.1 Å². The number of hydrogen-bond acceptors (Lipinski definition) is 7. The smallest absolute Gasteiger partial charge is 0.413 e. The van der Waals surface area contributed by atoms with Crippen molar-refractivity contribution in [1.29, 1.82) is 0 Å². The van der Waals surface area contributed by atoms with Gasteiger partial charge < -0.3 is 10.1 Å². The second kappa shape index (κ2) is 8.77. The van der Waals surface area contributed by atoms with Crippen molar-refractivity contribution in [1.82, 2.24) is 25.0 Å². The van der Waals surface area contributed by atoms with E-state index in [2.05, 4.69) is 30.9 Å². The molecule has 36 heavy (non-hydrogen) atoms. The third kappa shape index (κ3) is 4.04. The molecule has 0 saturated heterocycles. The summed E-state index contributed by atoms with van der Waals surface area (Å²) in [6.45, 7) is 1.67. The fourth-order valence-electron chi connectivity index (χ4n) is 4.93. The van der Waals surface area contributed by atoms with E-state index in [1.165, 1.54) is 17.1 Å². The van der Waals surface area contributed by atoms with Gasteiger partial charge in [-0.1, -0.05) is 22.9 Å². The largest absolute Gasteiger partial charge is 0.441 e. The van der Waals surface area contributed by atoms with Gasteiger partial charge in [0, 0.05) is 24.2 Å². The number of nitrogens with zero attached hydrogens (tertiary/aromatic N) is 5. The molecule has 10 nitrogen and oxygen atoms in total. The van der Waals surface area contributed by atoms with Gasteiger partial charge in [0.15, 0.2) is 11.5 Å². The molecule has 1 atom stereocenters. The van der Waals surface area contributed by atoms with Gasteiger partial charge in [0.05, 0.1) is 23.0 Å². The Morgan fingerprint density at radius 1 is 1.17 bits per heavy atom. The number of pyridine rings is 2. The molecular formula is C23H22ClF2N7O3. The highest BCUT2D eigenvalue weighted by molar-refractivity contribution is 6.30. The normalized spacial score (nSPS) is 22.8. The second-order valence-electron chi connectivity index (χ2n) is 9.33. The van der Waals surface area contributed by atoms with E-state index in [4.69, 9.17) is 16.3 Å². The summed E-state index contributed by atoms with van der Waals surface area (Å²) < 4.78 is 32.9. The molecule has 3 aliphatic carbocycles. The van der Waals surface area contributed by atoms with Gasteiger partial charge in [0.2, 0.25) is 12.3 Å². The van der Waals surface area contributed by atoms with Crippen molar-refractivity contribution in [3.63, 3.8) is 0 Å². The minimum atomic E-state index is -2.39. The number of ether oxygens (including phenoxy) is 1. The molecule has 0 spiro atoms. The topological polar surface area (TPSA) is 124 Å². The van der Waals surface area contributed by atoms with Crippen LogP contribution in [0.1, 0.15) is 37.9 Å². The van der Waals surface area contributed by atoms with Crippen LogP contribution in [0, 0.1) is 10.8 Å². The molecule has 2 N–H and O–H groups in total. The summed E-state index contributed by atoms with van der Waals surface area (Å²) in [6.07, 6.45) is -0.191. The molecule has 0 unspecified atom stereocenters. The molecule has 3 heterocycles. The summed E-state index contributed by atoms with van der Waals surface area (Å²) in [7, 11) is 1.60. The molecule has 2 bridgehead atoms. The van der Waals surface area contributed by atoms with Gasteiger partial charge in [-0.3, -0.25) is 15.1 Å². The van der Waals surface area contributed by atoms with Crippen LogP contribution in [0.2, 0.25) is 5.15 Å². The van der Waals surface area contributed by atoms with Gasteiger partial charge in [0.1, 0.15) is 11.3 Å². The average molecular weight is 518 g/mol. The lowest BCUT2D eigenvalue weighted by atomic mass is 9.35. The standard InChI is InChI=1S/C23H22ClF2N7O3/c1-12(14-4-3-7-27-17(14)24)36-21(35)30-18-16(31-32-33(18)2)15-6-5-13(8-28-15)29-20(34)23-9-22(10-23,11-23)19(25)26/h3-8,12,19H,9-11H2,1-2H3,(H,29,34)(H,30,35)/t12-,22?,23?/m1/s1. The van der Waals surface area contributed by atoms with Crippen LogP contribution in [-0.4, -0.2) is 43.4 Å². The maximum atomic E-state index is 13.0. The summed E-state index contributed by atoms with van der Waals surface area (Å²) in [6, 6.07) is 6.63. The zero-order valence-electron chi connectivity index (χ0n) is 19.3. The average Bonchev–Trinajstić information content (AvgIpc) is 3.12. The zero-order valence-corrected chi connectivity index (χ0v) is 20.1. The summed E-state index contributed by atoms with van der Waals surface area (Å²) in [5, 5.41) is 13.6. The first-order chi connectivity index (χ1) is 17.1. The van der Waals surface area contributed by atoms with E-state index in [1.807, 2.05) is 0 Å². The first-order valence-corrected chi connectivity index (χ1v) is 11.5. The number of amides is 2. The van der Waals surface area contributed by atoms with Crippen LogP contribution >= 0.6 is 11.6 Å². The number of rotatable bonds is 7. The summed E-state index contributed by atoms with van der Waals surface area (Å²) in [5.74, 6) is -0.0213. The van der Waals surface area contributed by atoms with Crippen molar-refractivity contribution in [2.24, 2.45) is 17.9 Å². The number of aryl methyl sites for hydroxylation is 1. The van der Waals surface area contributed by atoms with Crippen LogP contribution in [-0.2, 0) is 16.6 Å². The molecule has 2 amide bonds. The fraction of sp³-hybridized carbons (Fsp3) is 0.391. The van der Waals surface area contributed by atoms with Crippen LogP contribution in [0.3, 0.4) is 0 Å². The monoisotopic (exact) mass is 517 g/mol. The van der Waals surface area contributed by atoms with Crippen molar-refractivity contribution in [2.75, 3.05) is 10.6 Å². The Morgan fingerprint density at radius 3 is 2.56 bits per heavy atom. The Kier molecular flexibility index (Phi) is 5.86. The number of aromatic nitrogens is 5. The number of anilines is 2. The Hall–Kier alpha value is -3.67. The number of carbonyl (C=O) groups excluding carboxylic acids is 2. The van der Waals surface area contributed by atoms with E-state index in [1.54, 1.807) is 38.2 Å². The molecule has 0 aromatic carbocycles. The van der Waals surface area contributed by atoms with Gasteiger partial charge in [-0.2, -0.15) is 0 Å². The minimum absolute atomic E-state index is 0.214. The number of nitrogens with one attached hydrogen (secondary N) is 2. The van der Waals surface area contributed by atoms with Crippen LogP contribution in [0.5, 0.6) is 0 Å². The second-order valence-corrected chi connectivity index (χ2v) is 9.68. The maximum absolute atomic E-state index is 13.0. The molecule has 0 aliphatic heterocycles. The molecule has 3 aromatic rings. The third-order valence-corrected chi connectivity index (χ3v) is 7.15. The van der Waals surface area contributed by atoms with Crippen molar-refractivity contribution in [2.45, 2.75) is 38.7 Å². The van der Waals surface area contributed by atoms with Gasteiger partial charge in [-0.05, 0) is 44.4 Å². The van der Waals surface area contributed by atoms with E-state index in [-0.39, 0.29) is 41.8 Å². The van der Waals surface area contributed by atoms with Gasteiger partial charge >= 0.3 is 6.09 Å². The van der Waals surface area contributed by atoms with E-state index >= 15 is 0 Å². The van der Waals surface area contributed by atoms with Gasteiger partial charge in [-0.15, -0.1) is 5.10 Å². The minimum Gasteiger partial charge on any atom is -0.441 e. The summed E-state index contributed by atoms with van der Waals surface area (Å²) in [5.41, 5.74) is -0.00787. The maximum Gasteiger partial charge on any atom is 0.413 e. The summed E-state index contributed by atoms with van der Waals surface area (Å²) in [4.78, 5) is 33.4. The van der Waals surface area contributed by atoms with Crippen LogP contribution in [0.25, 0.3) is 11.4 Å². The highest BCUT2D eigenvalue weighted by Gasteiger charge is 2.75. The Balaban J connectivity index is 1.23. The number of halogens is 3. The molecule has 188 valence electrons. The highest BCUT2D eigenvalue weighted by atomic mass is 35.5. The molecule has 13 heteroatoms. The van der Waals surface area contributed by atoms with E-state index in [9.17, 15) is 18.4 Å². The molecule has 0 radical (unpaired) electrons. The predicted octanol–water partition coefficient (Wildman–Crippen LogP) is 4.61. The Morgan fingerprint density at radius 2 is 1.92 bits per heavy atom. The Labute approximate surface area is 209 Å². The van der Waals surface area contributed by atoms with Crippen molar-refractivity contribution in [3.05, 3.63) is 47.4 Å². The zero-order chi connectivity index (χ0) is 25.7. The SMILES string of the molecule is C[C@@H](OC(=O)Nc1c(-c2ccc(NC(=O)C34CC(C(F)F)(C3)C4)cn2)nnn1C)c1cccnc1Cl. The highest BCUT2D eigenvalue weighted by Crippen LogP contribution is 2.75. The molecule has 3 fully saturated rings. The molecule has 6 rings (SSSR count). The predicted molar refractivity (Wildman–Crippen MR) is 125 cm³/mol. The lowest BCUT2D eigenvalue weighted by Crippen LogP contribution is -2.69. The first kappa shape index (κ1) is 24.0. The van der Waals surface area contributed by atoms with E-state index in [0.29, 0.717) is 16.9 Å². The van der Waals surface area contributed by atoms with Gasteiger partial charge in [-0.25, -0.2) is 23.2 Å². The van der Waals surface area contributed by atoms with Gasteiger partial charge in [0.25, 0.3) is 0 Å². The third-order valence-electron chi connectivity index (χ3n) is 6.84. The van der Waals surface area contributed by atoms with Crippen molar-refractivity contribution < 1.29 is 23.1 Å². The van der Waals surface area contributed by atoms with Crippen LogP contribution in [0.15, 0.2) is 36.7 Å². The lowest BCUT2D eigenvalue weighted by Gasteiger charge is -2.68. The van der Waals surface area contributed by atoms with Crippen molar-refractivity contribution in [3.8, 4) is 11.4 Å². The first-order valence-electron chi connectivity index (χ1n) is 11.2. The molecule has 3 saturated carbocycles. The number of hydrogen-bond donors (Lipinski definition) is 2. The summed E-state index contributed by atoms with van der Waals surface area (Å²) >= 11 is 6.07. The van der Waals surface area contributed by atoms with Crippen LogP contribution in [0.4, 0.5) is 25.1 Å². The Bertz CT molecular complexity index is 1310. The van der Waals surface area contributed by atoms with E-state index in [0.717, 1.165) is 0 Å². The number of carbonyl (C=O) groups is 2. The number of alkyl halides is 2. The van der Waals surface area contributed by atoms with E-state index < -0.39 is 29.5 Å².